The van der Waals surface area contributed by atoms with Crippen molar-refractivity contribution in [3.05, 3.63) is 53.6 Å². The first kappa shape index (κ1) is 21.3. The summed E-state index contributed by atoms with van der Waals surface area (Å²) in [5.74, 6) is 0.498. The molecule has 0 saturated carbocycles. The molecule has 2 amide bonds. The summed E-state index contributed by atoms with van der Waals surface area (Å²) < 4.78 is 10.8. The standard InChI is InChI=1S/C22H28N2O4/c1-6-28-18-12-11-16(13-19(18)27-5)23-22(26)20(14(2)3)24-21(25)17-10-8-7-9-15(17)4/h7-14,20H,6H2,1-5H3,(H,23,26)(H,24,25)/t20-/m0/s1. The fourth-order valence-corrected chi connectivity index (χ4v) is 2.82. The summed E-state index contributed by atoms with van der Waals surface area (Å²) in [6.45, 7) is 8.05. The van der Waals surface area contributed by atoms with Gasteiger partial charge in [0.2, 0.25) is 5.91 Å². The Balaban J connectivity index is 2.15. The van der Waals surface area contributed by atoms with Crippen LogP contribution in [0.2, 0.25) is 0 Å². The van der Waals surface area contributed by atoms with E-state index in [1.54, 1.807) is 37.4 Å². The lowest BCUT2D eigenvalue weighted by Crippen LogP contribution is -2.47. The fourth-order valence-electron chi connectivity index (χ4n) is 2.82. The number of hydrogen-bond acceptors (Lipinski definition) is 4. The summed E-state index contributed by atoms with van der Waals surface area (Å²) in [7, 11) is 1.54. The highest BCUT2D eigenvalue weighted by Crippen LogP contribution is 2.30. The number of nitrogens with one attached hydrogen (secondary N) is 2. The normalized spacial score (nSPS) is 11.6. The van der Waals surface area contributed by atoms with Gasteiger partial charge in [0.15, 0.2) is 11.5 Å². The molecule has 0 aromatic heterocycles. The number of carbonyl (C=O) groups is 2. The van der Waals surface area contributed by atoms with Crippen LogP contribution in [0.3, 0.4) is 0 Å². The molecule has 0 aliphatic rings. The van der Waals surface area contributed by atoms with E-state index >= 15 is 0 Å². The van der Waals surface area contributed by atoms with Crippen molar-refractivity contribution >= 4 is 17.5 Å². The van der Waals surface area contributed by atoms with Crippen LogP contribution in [-0.4, -0.2) is 31.6 Å². The number of carbonyl (C=O) groups excluding carboxylic acids is 2. The molecule has 2 N–H and O–H groups in total. The molecule has 0 aliphatic carbocycles. The second-order valence-corrected chi connectivity index (χ2v) is 6.80. The number of methoxy groups -OCH3 is 1. The monoisotopic (exact) mass is 384 g/mol. The highest BCUT2D eigenvalue weighted by molar-refractivity contribution is 6.02. The molecule has 0 unspecified atom stereocenters. The van der Waals surface area contributed by atoms with E-state index in [0.29, 0.717) is 29.4 Å². The van der Waals surface area contributed by atoms with Crippen LogP contribution in [0.1, 0.15) is 36.7 Å². The molecule has 2 aromatic carbocycles. The first-order valence-electron chi connectivity index (χ1n) is 9.35. The summed E-state index contributed by atoms with van der Waals surface area (Å²) in [6.07, 6.45) is 0. The van der Waals surface area contributed by atoms with Gasteiger partial charge in [0.05, 0.1) is 13.7 Å². The zero-order chi connectivity index (χ0) is 20.7. The van der Waals surface area contributed by atoms with Gasteiger partial charge in [0, 0.05) is 17.3 Å². The molecule has 0 radical (unpaired) electrons. The maximum absolute atomic E-state index is 12.8. The van der Waals surface area contributed by atoms with Crippen LogP contribution < -0.4 is 20.1 Å². The SMILES string of the molecule is CCOc1ccc(NC(=O)[C@@H](NC(=O)c2ccccc2C)C(C)C)cc1OC. The Kier molecular flexibility index (Phi) is 7.44. The van der Waals surface area contributed by atoms with Crippen LogP contribution in [0.15, 0.2) is 42.5 Å². The summed E-state index contributed by atoms with van der Waals surface area (Å²) in [4.78, 5) is 25.4. The molecule has 6 heteroatoms. The molecule has 0 heterocycles. The van der Waals surface area contributed by atoms with Crippen LogP contribution >= 0.6 is 0 Å². The van der Waals surface area contributed by atoms with Crippen LogP contribution in [0.5, 0.6) is 11.5 Å². The summed E-state index contributed by atoms with van der Waals surface area (Å²) in [6, 6.07) is 11.8. The van der Waals surface area contributed by atoms with E-state index in [2.05, 4.69) is 10.6 Å². The quantitative estimate of drug-likeness (QED) is 0.726. The van der Waals surface area contributed by atoms with Gasteiger partial charge in [0.1, 0.15) is 6.04 Å². The largest absolute Gasteiger partial charge is 0.493 e. The average Bonchev–Trinajstić information content (AvgIpc) is 2.67. The van der Waals surface area contributed by atoms with E-state index in [9.17, 15) is 9.59 Å². The summed E-state index contributed by atoms with van der Waals surface area (Å²) >= 11 is 0. The van der Waals surface area contributed by atoms with Gasteiger partial charge in [-0.05, 0) is 43.5 Å². The van der Waals surface area contributed by atoms with Gasteiger partial charge in [-0.15, -0.1) is 0 Å². The lowest BCUT2D eigenvalue weighted by molar-refractivity contribution is -0.118. The molecule has 0 bridgehead atoms. The van der Waals surface area contributed by atoms with Gasteiger partial charge in [-0.2, -0.15) is 0 Å². The van der Waals surface area contributed by atoms with Crippen molar-refractivity contribution in [1.82, 2.24) is 5.32 Å². The zero-order valence-corrected chi connectivity index (χ0v) is 17.0. The second-order valence-electron chi connectivity index (χ2n) is 6.80. The van der Waals surface area contributed by atoms with Crippen molar-refractivity contribution in [2.75, 3.05) is 19.0 Å². The molecule has 0 saturated heterocycles. The Morgan fingerprint density at radius 1 is 1.07 bits per heavy atom. The minimum Gasteiger partial charge on any atom is -0.493 e. The van der Waals surface area contributed by atoms with Gasteiger partial charge in [-0.25, -0.2) is 0 Å². The Hall–Kier alpha value is -3.02. The molecule has 0 spiro atoms. The number of amides is 2. The molecule has 28 heavy (non-hydrogen) atoms. The number of rotatable bonds is 8. The minimum absolute atomic E-state index is 0.0856. The second kappa shape index (κ2) is 9.78. The van der Waals surface area contributed by atoms with Crippen molar-refractivity contribution in [3.63, 3.8) is 0 Å². The molecular weight excluding hydrogens is 356 g/mol. The molecule has 0 aliphatic heterocycles. The molecular formula is C22H28N2O4. The van der Waals surface area contributed by atoms with E-state index in [0.717, 1.165) is 5.56 Å². The molecule has 150 valence electrons. The summed E-state index contributed by atoms with van der Waals surface area (Å²) in [5.41, 5.74) is 1.99. The molecule has 2 rings (SSSR count). The third-order valence-corrected chi connectivity index (χ3v) is 4.36. The molecule has 2 aromatic rings. The number of ether oxygens (including phenoxy) is 2. The van der Waals surface area contributed by atoms with Gasteiger partial charge >= 0.3 is 0 Å². The topological polar surface area (TPSA) is 76.7 Å². The van der Waals surface area contributed by atoms with Gasteiger partial charge < -0.3 is 20.1 Å². The molecule has 0 fully saturated rings. The minimum atomic E-state index is -0.676. The van der Waals surface area contributed by atoms with Gasteiger partial charge in [0.25, 0.3) is 5.91 Å². The zero-order valence-electron chi connectivity index (χ0n) is 17.0. The lowest BCUT2D eigenvalue weighted by Gasteiger charge is -2.22. The molecule has 1 atom stereocenters. The van der Waals surface area contributed by atoms with Gasteiger partial charge in [-0.1, -0.05) is 32.0 Å². The predicted octanol–water partition coefficient (Wildman–Crippen LogP) is 3.80. The Morgan fingerprint density at radius 3 is 2.39 bits per heavy atom. The highest BCUT2D eigenvalue weighted by Gasteiger charge is 2.25. The van der Waals surface area contributed by atoms with Crippen LogP contribution in [0, 0.1) is 12.8 Å². The smallest absolute Gasteiger partial charge is 0.252 e. The van der Waals surface area contributed by atoms with Crippen LogP contribution in [0.25, 0.3) is 0 Å². The van der Waals surface area contributed by atoms with Crippen molar-refractivity contribution in [2.24, 2.45) is 5.92 Å². The van der Waals surface area contributed by atoms with Crippen LogP contribution in [-0.2, 0) is 4.79 Å². The summed E-state index contributed by atoms with van der Waals surface area (Å²) in [5, 5.41) is 5.70. The van der Waals surface area contributed by atoms with Gasteiger partial charge in [-0.3, -0.25) is 9.59 Å². The third-order valence-electron chi connectivity index (χ3n) is 4.36. The van der Waals surface area contributed by atoms with E-state index in [-0.39, 0.29) is 17.7 Å². The maximum atomic E-state index is 12.8. The number of anilines is 1. The van der Waals surface area contributed by atoms with Crippen molar-refractivity contribution < 1.29 is 19.1 Å². The van der Waals surface area contributed by atoms with E-state index in [4.69, 9.17) is 9.47 Å². The third kappa shape index (κ3) is 5.25. The van der Waals surface area contributed by atoms with E-state index in [1.807, 2.05) is 39.8 Å². The Morgan fingerprint density at radius 2 is 1.79 bits per heavy atom. The first-order chi connectivity index (χ1) is 13.4. The number of benzene rings is 2. The Labute approximate surface area is 166 Å². The number of hydrogen-bond donors (Lipinski definition) is 2. The fraction of sp³-hybridized carbons (Fsp3) is 0.364. The first-order valence-corrected chi connectivity index (χ1v) is 9.35. The molecule has 6 nitrogen and oxygen atoms in total. The maximum Gasteiger partial charge on any atom is 0.252 e. The Bertz CT molecular complexity index is 833. The predicted molar refractivity (Wildman–Crippen MR) is 110 cm³/mol. The van der Waals surface area contributed by atoms with E-state index < -0.39 is 6.04 Å². The number of aryl methyl sites for hydroxylation is 1. The van der Waals surface area contributed by atoms with Crippen LogP contribution in [0.4, 0.5) is 5.69 Å². The van der Waals surface area contributed by atoms with Crippen molar-refractivity contribution in [2.45, 2.75) is 33.7 Å². The van der Waals surface area contributed by atoms with Crippen molar-refractivity contribution in [1.29, 1.82) is 0 Å². The van der Waals surface area contributed by atoms with E-state index in [1.165, 1.54) is 0 Å². The van der Waals surface area contributed by atoms with Crippen molar-refractivity contribution in [3.8, 4) is 11.5 Å². The average molecular weight is 384 g/mol. The lowest BCUT2D eigenvalue weighted by atomic mass is 10.0. The highest BCUT2D eigenvalue weighted by atomic mass is 16.5.